The highest BCUT2D eigenvalue weighted by molar-refractivity contribution is 5.94. The molecule has 30 heavy (non-hydrogen) atoms. The van der Waals surface area contributed by atoms with Gasteiger partial charge in [-0.25, -0.2) is 13.9 Å². The van der Waals surface area contributed by atoms with E-state index in [9.17, 15) is 9.18 Å². The standard InChI is InChI=1S/C23H22FN5O/c1-16-14-29-21(22(26-16)28(2)15-18-6-4-3-5-7-18)12-20(27-29)23(30)25-13-17-8-10-19(24)11-9-17/h3-12,14H,13,15H2,1-2H3,(H,25,30). The number of amides is 1. The summed E-state index contributed by atoms with van der Waals surface area (Å²) in [6.07, 6.45) is 1.80. The van der Waals surface area contributed by atoms with Crippen LogP contribution in [0.15, 0.2) is 66.9 Å². The van der Waals surface area contributed by atoms with Crippen LogP contribution in [-0.2, 0) is 13.1 Å². The van der Waals surface area contributed by atoms with Crippen LogP contribution in [0.5, 0.6) is 0 Å². The van der Waals surface area contributed by atoms with Crippen molar-refractivity contribution in [1.29, 1.82) is 0 Å². The molecule has 152 valence electrons. The third-order valence-corrected chi connectivity index (χ3v) is 4.78. The number of carbonyl (C=O) groups excluding carboxylic acids is 1. The van der Waals surface area contributed by atoms with Gasteiger partial charge in [-0.3, -0.25) is 4.79 Å². The van der Waals surface area contributed by atoms with Gasteiger partial charge in [0.25, 0.3) is 5.91 Å². The topological polar surface area (TPSA) is 62.5 Å². The average Bonchev–Trinajstić information content (AvgIpc) is 3.17. The molecule has 0 saturated carbocycles. The summed E-state index contributed by atoms with van der Waals surface area (Å²) in [5.41, 5.74) is 3.84. The van der Waals surface area contributed by atoms with E-state index in [1.807, 2.05) is 37.1 Å². The second-order valence-electron chi connectivity index (χ2n) is 7.22. The van der Waals surface area contributed by atoms with E-state index >= 15 is 0 Å². The predicted octanol–water partition coefficient (Wildman–Crippen LogP) is 3.74. The Morgan fingerprint density at radius 2 is 1.83 bits per heavy atom. The van der Waals surface area contributed by atoms with Crippen LogP contribution >= 0.6 is 0 Å². The van der Waals surface area contributed by atoms with Gasteiger partial charge in [-0.05, 0) is 30.2 Å². The predicted molar refractivity (Wildman–Crippen MR) is 114 cm³/mol. The fourth-order valence-corrected chi connectivity index (χ4v) is 3.29. The Morgan fingerprint density at radius 3 is 2.57 bits per heavy atom. The Kier molecular flexibility index (Phi) is 5.43. The Labute approximate surface area is 174 Å². The van der Waals surface area contributed by atoms with Crippen LogP contribution in [0.25, 0.3) is 5.52 Å². The number of rotatable bonds is 6. The molecule has 0 saturated heterocycles. The number of carbonyl (C=O) groups is 1. The number of fused-ring (bicyclic) bond motifs is 1. The van der Waals surface area contributed by atoms with Gasteiger partial charge < -0.3 is 10.2 Å². The molecule has 4 rings (SSSR count). The van der Waals surface area contributed by atoms with Crippen LogP contribution in [-0.4, -0.2) is 27.6 Å². The quantitative estimate of drug-likeness (QED) is 0.533. The van der Waals surface area contributed by atoms with E-state index in [1.54, 1.807) is 28.9 Å². The molecule has 0 unspecified atom stereocenters. The minimum Gasteiger partial charge on any atom is -0.354 e. The van der Waals surface area contributed by atoms with Gasteiger partial charge >= 0.3 is 0 Å². The zero-order chi connectivity index (χ0) is 21.1. The molecule has 2 heterocycles. The molecule has 0 aliphatic heterocycles. The number of nitrogens with one attached hydrogen (secondary N) is 1. The fourth-order valence-electron chi connectivity index (χ4n) is 3.29. The Hall–Kier alpha value is -3.74. The first-order chi connectivity index (χ1) is 14.5. The Morgan fingerprint density at radius 1 is 1.10 bits per heavy atom. The molecule has 1 N–H and O–H groups in total. The van der Waals surface area contributed by atoms with Crippen LogP contribution in [0.2, 0.25) is 0 Å². The summed E-state index contributed by atoms with van der Waals surface area (Å²) in [5.74, 6) is 0.154. The Bertz CT molecular complexity index is 1170. The normalized spacial score (nSPS) is 10.9. The number of halogens is 1. The van der Waals surface area contributed by atoms with Crippen molar-refractivity contribution in [2.45, 2.75) is 20.0 Å². The van der Waals surface area contributed by atoms with Crippen LogP contribution in [0, 0.1) is 12.7 Å². The molecule has 2 aromatic heterocycles. The molecule has 0 spiro atoms. The fraction of sp³-hybridized carbons (Fsp3) is 0.174. The molecule has 1 amide bonds. The number of aromatic nitrogens is 3. The van der Waals surface area contributed by atoms with Crippen molar-refractivity contribution >= 4 is 17.2 Å². The van der Waals surface area contributed by atoms with Gasteiger partial charge in [0.15, 0.2) is 11.5 Å². The van der Waals surface area contributed by atoms with Crippen molar-refractivity contribution in [3.8, 4) is 0 Å². The number of hydrogen-bond donors (Lipinski definition) is 1. The van der Waals surface area contributed by atoms with Gasteiger partial charge in [0.05, 0.1) is 11.9 Å². The van der Waals surface area contributed by atoms with Gasteiger partial charge in [-0.15, -0.1) is 0 Å². The first kappa shape index (κ1) is 19.6. The molecular weight excluding hydrogens is 381 g/mol. The zero-order valence-corrected chi connectivity index (χ0v) is 16.8. The van der Waals surface area contributed by atoms with Crippen molar-refractivity contribution in [3.63, 3.8) is 0 Å². The molecule has 0 aliphatic rings. The molecule has 0 bridgehead atoms. The second-order valence-corrected chi connectivity index (χ2v) is 7.22. The van der Waals surface area contributed by atoms with Crippen molar-refractivity contribution in [2.24, 2.45) is 0 Å². The average molecular weight is 403 g/mol. The third kappa shape index (κ3) is 4.30. The minimum absolute atomic E-state index is 0.294. The SMILES string of the molecule is Cc1cn2nc(C(=O)NCc3ccc(F)cc3)cc2c(N(C)Cc2ccccc2)n1. The summed E-state index contributed by atoms with van der Waals surface area (Å²) in [4.78, 5) is 19.3. The summed E-state index contributed by atoms with van der Waals surface area (Å²) in [6, 6.07) is 17.9. The van der Waals surface area contributed by atoms with Crippen LogP contribution in [0.4, 0.5) is 10.2 Å². The maximum absolute atomic E-state index is 13.0. The van der Waals surface area contributed by atoms with Crippen LogP contribution in [0.1, 0.15) is 27.3 Å². The molecule has 4 aromatic rings. The van der Waals surface area contributed by atoms with E-state index in [0.29, 0.717) is 18.8 Å². The van der Waals surface area contributed by atoms with E-state index in [1.165, 1.54) is 17.7 Å². The van der Waals surface area contributed by atoms with Crippen LogP contribution < -0.4 is 10.2 Å². The van der Waals surface area contributed by atoms with Gasteiger partial charge in [0.1, 0.15) is 11.3 Å². The molecular formula is C23H22FN5O. The lowest BCUT2D eigenvalue weighted by Crippen LogP contribution is -2.23. The number of nitrogens with zero attached hydrogens (tertiary/aromatic N) is 4. The highest BCUT2D eigenvalue weighted by atomic mass is 19.1. The minimum atomic E-state index is -0.305. The van der Waals surface area contributed by atoms with E-state index in [2.05, 4.69) is 27.5 Å². The maximum Gasteiger partial charge on any atom is 0.272 e. The Balaban J connectivity index is 1.56. The molecule has 0 radical (unpaired) electrons. The second kappa shape index (κ2) is 8.32. The third-order valence-electron chi connectivity index (χ3n) is 4.78. The molecule has 0 atom stereocenters. The molecule has 7 heteroatoms. The zero-order valence-electron chi connectivity index (χ0n) is 16.8. The first-order valence-corrected chi connectivity index (χ1v) is 9.64. The lowest BCUT2D eigenvalue weighted by molar-refractivity contribution is 0.0945. The maximum atomic E-state index is 13.0. The van der Waals surface area contributed by atoms with E-state index in [0.717, 1.165) is 22.6 Å². The van der Waals surface area contributed by atoms with Crippen molar-refractivity contribution in [3.05, 3.63) is 95.2 Å². The molecule has 6 nitrogen and oxygen atoms in total. The number of hydrogen-bond acceptors (Lipinski definition) is 4. The molecule has 0 fully saturated rings. The highest BCUT2D eigenvalue weighted by Crippen LogP contribution is 2.22. The van der Waals surface area contributed by atoms with Gasteiger partial charge in [-0.1, -0.05) is 42.5 Å². The largest absolute Gasteiger partial charge is 0.354 e. The number of benzene rings is 2. The van der Waals surface area contributed by atoms with Crippen molar-refractivity contribution < 1.29 is 9.18 Å². The number of aryl methyl sites for hydroxylation is 1. The van der Waals surface area contributed by atoms with E-state index in [4.69, 9.17) is 0 Å². The summed E-state index contributed by atoms with van der Waals surface area (Å²) < 4.78 is 14.7. The summed E-state index contributed by atoms with van der Waals surface area (Å²) in [5, 5.41) is 7.26. The summed E-state index contributed by atoms with van der Waals surface area (Å²) >= 11 is 0. The lowest BCUT2D eigenvalue weighted by Gasteiger charge is -2.19. The van der Waals surface area contributed by atoms with Gasteiger partial charge in [-0.2, -0.15) is 5.10 Å². The van der Waals surface area contributed by atoms with Crippen LogP contribution in [0.3, 0.4) is 0 Å². The lowest BCUT2D eigenvalue weighted by atomic mass is 10.2. The highest BCUT2D eigenvalue weighted by Gasteiger charge is 2.16. The summed E-state index contributed by atoms with van der Waals surface area (Å²) in [7, 11) is 1.97. The molecule has 2 aromatic carbocycles. The summed E-state index contributed by atoms with van der Waals surface area (Å²) in [6.45, 7) is 2.88. The van der Waals surface area contributed by atoms with Crippen molar-refractivity contribution in [2.75, 3.05) is 11.9 Å². The smallest absolute Gasteiger partial charge is 0.272 e. The van der Waals surface area contributed by atoms with E-state index < -0.39 is 0 Å². The number of anilines is 1. The van der Waals surface area contributed by atoms with Gasteiger partial charge in [0, 0.05) is 26.2 Å². The van der Waals surface area contributed by atoms with E-state index in [-0.39, 0.29) is 11.7 Å². The monoisotopic (exact) mass is 403 g/mol. The van der Waals surface area contributed by atoms with Crippen molar-refractivity contribution in [1.82, 2.24) is 19.9 Å². The molecule has 0 aliphatic carbocycles. The first-order valence-electron chi connectivity index (χ1n) is 9.64. The van der Waals surface area contributed by atoms with Gasteiger partial charge in [0.2, 0.25) is 0 Å².